The first-order valence-electron chi connectivity index (χ1n) is 18.1. The molecule has 0 saturated carbocycles. The second-order valence-corrected chi connectivity index (χ2v) is 14.0. The zero-order valence-corrected chi connectivity index (χ0v) is 30.8. The summed E-state index contributed by atoms with van der Waals surface area (Å²) in [6.07, 6.45) is 6.79. The quantitative estimate of drug-likeness (QED) is 0.152. The number of benzene rings is 7. The van der Waals surface area contributed by atoms with Crippen LogP contribution in [0.5, 0.6) is 0 Å². The number of imidazole rings is 1. The van der Waals surface area contributed by atoms with Crippen LogP contribution < -0.4 is 21.9 Å². The normalized spacial score (nSPS) is 11.9. The van der Waals surface area contributed by atoms with E-state index >= 15 is 0 Å². The van der Waals surface area contributed by atoms with Crippen molar-refractivity contribution in [2.75, 3.05) is 0 Å². The third-order valence-electron chi connectivity index (χ3n) is 11.4. The average Bonchev–Trinajstić information content (AvgIpc) is 3.58. The zero-order chi connectivity index (χ0) is 36.1. The molecule has 240 valence electrons. The Kier molecular flexibility index (Phi) is 8.60. The molecule has 8 aromatic rings. The van der Waals surface area contributed by atoms with Gasteiger partial charge in [-0.2, -0.15) is 0 Å². The van der Waals surface area contributed by atoms with Crippen molar-refractivity contribution in [3.63, 3.8) is 0 Å². The van der Waals surface area contributed by atoms with E-state index < -0.39 is 0 Å². The fourth-order valence-corrected chi connectivity index (χ4v) is 8.18. The van der Waals surface area contributed by atoms with Gasteiger partial charge in [0.1, 0.15) is 52.9 Å². The van der Waals surface area contributed by atoms with Crippen molar-refractivity contribution in [3.8, 4) is 40.5 Å². The number of allylic oxidation sites excluding steroid dienone is 1. The minimum atomic E-state index is 0.807. The lowest BCUT2D eigenvalue weighted by molar-refractivity contribution is 1.10. The van der Waals surface area contributed by atoms with Gasteiger partial charge in [-0.15, -0.1) is 17.3 Å². The number of hydrogen-bond donors (Lipinski definition) is 0. The van der Waals surface area contributed by atoms with Crippen LogP contribution in [0, 0.1) is 12.3 Å². The maximum Gasteiger partial charge on any atom is 0.149 e. The molecule has 0 fully saturated rings. The van der Waals surface area contributed by atoms with Crippen molar-refractivity contribution in [2.45, 2.75) is 6.42 Å². The van der Waals surface area contributed by atoms with Crippen LogP contribution in [0.1, 0.15) is 16.7 Å². The van der Waals surface area contributed by atoms with Crippen molar-refractivity contribution < 1.29 is 0 Å². The summed E-state index contributed by atoms with van der Waals surface area (Å²) < 4.78 is 2.30. The SMILES string of the molecule is B/C(C#C)=C(\B)c1c(B)c(B)c(B)c(B)c1Cc1c2ccccc2c(-c2cccc(-n3c(-c4ccccc4)nc4ccccc43)c2)c2ccccc12. The highest BCUT2D eigenvalue weighted by atomic mass is 15.1. The van der Waals surface area contributed by atoms with Crippen LogP contribution >= 0.6 is 0 Å². The van der Waals surface area contributed by atoms with Crippen LogP contribution in [0.25, 0.3) is 66.3 Å². The van der Waals surface area contributed by atoms with Gasteiger partial charge in [-0.1, -0.05) is 125 Å². The Bertz CT molecular complexity index is 2740. The second-order valence-electron chi connectivity index (χ2n) is 14.0. The molecule has 0 N–H and O–H groups in total. The lowest BCUT2D eigenvalue weighted by Crippen LogP contribution is -2.50. The largest absolute Gasteiger partial charge is 0.292 e. The molecule has 0 radical (unpaired) electrons. The number of rotatable bonds is 6. The fraction of sp³-hybridized carbons (Fsp3) is 0.0227. The van der Waals surface area contributed by atoms with Crippen molar-refractivity contribution in [1.82, 2.24) is 9.55 Å². The molecule has 0 amide bonds. The van der Waals surface area contributed by atoms with Crippen molar-refractivity contribution in [3.05, 3.63) is 150 Å². The smallest absolute Gasteiger partial charge is 0.149 e. The Hall–Kier alpha value is -5.78. The molecule has 8 heteroatoms. The van der Waals surface area contributed by atoms with Crippen molar-refractivity contribution in [2.24, 2.45) is 0 Å². The molecule has 0 bridgehead atoms. The lowest BCUT2D eigenvalue weighted by atomic mass is 9.59. The van der Waals surface area contributed by atoms with E-state index in [0.29, 0.717) is 0 Å². The molecule has 0 unspecified atom stereocenters. The Balaban J connectivity index is 1.38. The van der Waals surface area contributed by atoms with Crippen molar-refractivity contribution in [1.29, 1.82) is 0 Å². The van der Waals surface area contributed by atoms with E-state index in [1.807, 2.05) is 0 Å². The Morgan fingerprint density at radius 1 is 0.596 bits per heavy atom. The minimum Gasteiger partial charge on any atom is -0.292 e. The van der Waals surface area contributed by atoms with E-state index in [1.54, 1.807) is 0 Å². The van der Waals surface area contributed by atoms with Gasteiger partial charge in [0.2, 0.25) is 0 Å². The van der Waals surface area contributed by atoms with Crippen LogP contribution in [-0.2, 0) is 6.42 Å². The third kappa shape index (κ3) is 5.44. The molecule has 52 heavy (non-hydrogen) atoms. The summed E-state index contributed by atoms with van der Waals surface area (Å²) in [6.45, 7) is 0. The van der Waals surface area contributed by atoms with Gasteiger partial charge in [-0.3, -0.25) is 4.57 Å². The highest BCUT2D eigenvalue weighted by Crippen LogP contribution is 2.41. The molecule has 0 atom stereocenters. The van der Waals surface area contributed by atoms with E-state index in [9.17, 15) is 0 Å². The van der Waals surface area contributed by atoms with Crippen LogP contribution in [0.3, 0.4) is 0 Å². The molecule has 0 saturated heterocycles. The fourth-order valence-electron chi connectivity index (χ4n) is 8.18. The molecule has 0 aliphatic carbocycles. The number of para-hydroxylation sites is 2. The summed E-state index contributed by atoms with van der Waals surface area (Å²) >= 11 is 0. The van der Waals surface area contributed by atoms with E-state index in [0.717, 1.165) is 40.0 Å². The summed E-state index contributed by atoms with van der Waals surface area (Å²) in [7, 11) is 13.3. The van der Waals surface area contributed by atoms with E-state index in [-0.39, 0.29) is 0 Å². The van der Waals surface area contributed by atoms with Crippen molar-refractivity contribution >= 4 is 107 Å². The van der Waals surface area contributed by atoms with Crippen LogP contribution in [-0.4, -0.2) is 56.6 Å². The zero-order valence-electron chi connectivity index (χ0n) is 30.8. The Morgan fingerprint density at radius 2 is 1.17 bits per heavy atom. The van der Waals surface area contributed by atoms with Gasteiger partial charge in [0.05, 0.1) is 11.0 Å². The second kappa shape index (κ2) is 13.4. The van der Waals surface area contributed by atoms with Gasteiger partial charge < -0.3 is 0 Å². The Labute approximate surface area is 311 Å². The number of aromatic nitrogens is 2. The number of hydrogen-bond acceptors (Lipinski definition) is 1. The van der Waals surface area contributed by atoms with Gasteiger partial charge in [0.15, 0.2) is 0 Å². The lowest BCUT2D eigenvalue weighted by Gasteiger charge is -2.25. The molecule has 0 aliphatic rings. The summed E-state index contributed by atoms with van der Waals surface area (Å²) in [5.41, 5.74) is 18.2. The topological polar surface area (TPSA) is 17.8 Å². The molecule has 2 nitrogen and oxygen atoms in total. The van der Waals surface area contributed by atoms with Gasteiger partial charge in [0.25, 0.3) is 0 Å². The van der Waals surface area contributed by atoms with E-state index in [1.165, 1.54) is 76.7 Å². The molecule has 1 aromatic heterocycles. The average molecular weight is 658 g/mol. The van der Waals surface area contributed by atoms with Gasteiger partial charge in [-0.25, -0.2) is 4.98 Å². The molecule has 0 aliphatic heterocycles. The third-order valence-corrected chi connectivity index (χ3v) is 11.4. The van der Waals surface area contributed by atoms with Gasteiger partial charge in [-0.05, 0) is 85.5 Å². The summed E-state index contributed by atoms with van der Waals surface area (Å²) in [4.78, 5) is 5.12. The summed E-state index contributed by atoms with van der Waals surface area (Å²) in [5, 5.41) is 5.05. The maximum absolute atomic E-state index is 5.98. The molecule has 8 rings (SSSR count). The van der Waals surface area contributed by atoms with Crippen LogP contribution in [0.15, 0.2) is 133 Å². The van der Waals surface area contributed by atoms with Crippen LogP contribution in [0.2, 0.25) is 0 Å². The predicted molar refractivity (Wildman–Crippen MR) is 242 cm³/mol. The van der Waals surface area contributed by atoms with E-state index in [4.69, 9.17) is 11.4 Å². The number of fused-ring (bicyclic) bond motifs is 3. The van der Waals surface area contributed by atoms with E-state index in [2.05, 4.69) is 185 Å². The molecular formula is C44H36B6N2. The first kappa shape index (κ1) is 33.4. The maximum atomic E-state index is 5.98. The predicted octanol–water partition coefficient (Wildman–Crippen LogP) is 1.86. The monoisotopic (exact) mass is 658 g/mol. The molecule has 7 aromatic carbocycles. The van der Waals surface area contributed by atoms with Gasteiger partial charge >= 0.3 is 0 Å². The first-order chi connectivity index (χ1) is 25.3. The minimum absolute atomic E-state index is 0.807. The summed E-state index contributed by atoms with van der Waals surface area (Å²) in [5.74, 6) is 3.86. The molecule has 0 spiro atoms. The highest BCUT2D eigenvalue weighted by molar-refractivity contribution is 6.65. The molecule has 1 heterocycles. The Morgan fingerprint density at radius 3 is 1.85 bits per heavy atom. The summed E-state index contributed by atoms with van der Waals surface area (Å²) in [6, 6.07) is 45.7. The number of terminal acetylenes is 1. The highest BCUT2D eigenvalue weighted by Gasteiger charge is 2.22. The first-order valence-corrected chi connectivity index (χ1v) is 18.1. The van der Waals surface area contributed by atoms with Gasteiger partial charge in [0, 0.05) is 11.3 Å². The van der Waals surface area contributed by atoms with Crippen LogP contribution in [0.4, 0.5) is 0 Å². The standard InChI is InChI=1S/C44H36B6N2/c1-2-34(45)40(47)38-33(39(46)42(49)43(50)41(38)48)24-32-28-17-6-8-19-30(28)37(31-20-9-7-18-29(31)32)26-15-12-16-27(23-26)52-36-22-11-10-21-35(36)51-44(52)25-13-4-3-5-14-25/h1,3-23H,24,45-50H2/b40-34-. The number of nitrogens with zero attached hydrogens (tertiary/aromatic N) is 2. The molecular weight excluding hydrogens is 621 g/mol.